The van der Waals surface area contributed by atoms with Gasteiger partial charge in [0.25, 0.3) is 0 Å². The summed E-state index contributed by atoms with van der Waals surface area (Å²) in [4.78, 5) is 11.2. The van der Waals surface area contributed by atoms with E-state index in [0.29, 0.717) is 24.3 Å². The molecule has 14 heavy (non-hydrogen) atoms. The molecule has 0 spiro atoms. The van der Waals surface area contributed by atoms with Gasteiger partial charge in [-0.3, -0.25) is 4.79 Å². The number of Topliss-reactive ketones (excluding diaryl/α,β-unsaturated/α-hetero) is 1. The van der Waals surface area contributed by atoms with Crippen molar-refractivity contribution in [2.75, 3.05) is 14.2 Å². The van der Waals surface area contributed by atoms with E-state index in [0.717, 1.165) is 11.1 Å². The Kier molecular flexibility index (Phi) is 2.15. The van der Waals surface area contributed by atoms with Gasteiger partial charge in [0, 0.05) is 12.8 Å². The first kappa shape index (κ1) is 9.06. The Morgan fingerprint density at radius 3 is 1.79 bits per heavy atom. The van der Waals surface area contributed by atoms with Crippen LogP contribution >= 0.6 is 0 Å². The maximum absolute atomic E-state index is 11.2. The number of carbonyl (C=O) groups is 1. The van der Waals surface area contributed by atoms with Crippen molar-refractivity contribution in [1.29, 1.82) is 0 Å². The Balaban J connectivity index is 2.48. The lowest BCUT2D eigenvalue weighted by Gasteiger charge is -2.09. The monoisotopic (exact) mass is 192 g/mol. The predicted molar refractivity (Wildman–Crippen MR) is 52.0 cm³/mol. The second-order valence-corrected chi connectivity index (χ2v) is 3.37. The van der Waals surface area contributed by atoms with Crippen LogP contribution in [-0.2, 0) is 17.6 Å². The van der Waals surface area contributed by atoms with E-state index < -0.39 is 0 Å². The van der Waals surface area contributed by atoms with Crippen molar-refractivity contribution in [3.63, 3.8) is 0 Å². The summed E-state index contributed by atoms with van der Waals surface area (Å²) in [5, 5.41) is 0. The molecule has 1 aromatic rings. The number of carbonyl (C=O) groups excluding carboxylic acids is 1. The normalized spacial score (nSPS) is 14.0. The van der Waals surface area contributed by atoms with Crippen LogP contribution in [0.5, 0.6) is 11.5 Å². The van der Waals surface area contributed by atoms with E-state index >= 15 is 0 Å². The summed E-state index contributed by atoms with van der Waals surface area (Å²) in [5.41, 5.74) is 2.13. The number of benzene rings is 1. The third-order valence-corrected chi connectivity index (χ3v) is 2.48. The first-order valence-corrected chi connectivity index (χ1v) is 4.50. The highest BCUT2D eigenvalue weighted by atomic mass is 16.5. The number of ketones is 1. The van der Waals surface area contributed by atoms with Gasteiger partial charge in [-0.1, -0.05) is 0 Å². The third kappa shape index (κ3) is 1.35. The zero-order valence-corrected chi connectivity index (χ0v) is 8.29. The van der Waals surface area contributed by atoms with Crippen LogP contribution in [0.1, 0.15) is 11.1 Å². The molecule has 0 saturated heterocycles. The highest BCUT2D eigenvalue weighted by molar-refractivity contribution is 5.88. The lowest BCUT2D eigenvalue weighted by atomic mass is 10.1. The second-order valence-electron chi connectivity index (χ2n) is 3.37. The minimum atomic E-state index is 0.260. The van der Waals surface area contributed by atoms with Gasteiger partial charge in [-0.15, -0.1) is 0 Å². The maximum Gasteiger partial charge on any atom is 0.161 e. The molecule has 0 unspecified atom stereocenters. The Morgan fingerprint density at radius 1 is 1.00 bits per heavy atom. The molecule has 0 aliphatic heterocycles. The van der Waals surface area contributed by atoms with Crippen LogP contribution < -0.4 is 9.47 Å². The topological polar surface area (TPSA) is 35.5 Å². The summed E-state index contributed by atoms with van der Waals surface area (Å²) < 4.78 is 10.3. The third-order valence-electron chi connectivity index (χ3n) is 2.48. The minimum Gasteiger partial charge on any atom is -0.493 e. The summed E-state index contributed by atoms with van der Waals surface area (Å²) in [6.07, 6.45) is 1.05. The number of fused-ring (bicyclic) bond motifs is 1. The Bertz CT molecular complexity index is 347. The fourth-order valence-electron chi connectivity index (χ4n) is 1.78. The maximum atomic E-state index is 11.2. The molecular formula is C11H12O3. The molecule has 3 nitrogen and oxygen atoms in total. The smallest absolute Gasteiger partial charge is 0.161 e. The number of methoxy groups -OCH3 is 2. The molecule has 0 saturated carbocycles. The number of ether oxygens (including phenoxy) is 2. The van der Waals surface area contributed by atoms with E-state index in [1.165, 1.54) is 0 Å². The number of rotatable bonds is 2. The number of hydrogen-bond donors (Lipinski definition) is 0. The summed E-state index contributed by atoms with van der Waals surface area (Å²) in [5.74, 6) is 1.65. The molecule has 0 bridgehead atoms. The predicted octanol–water partition coefficient (Wildman–Crippen LogP) is 1.37. The summed E-state index contributed by atoms with van der Waals surface area (Å²) >= 11 is 0. The molecule has 1 aliphatic carbocycles. The molecule has 74 valence electrons. The second kappa shape index (κ2) is 3.33. The molecule has 2 rings (SSSR count). The van der Waals surface area contributed by atoms with E-state index in [-0.39, 0.29) is 5.78 Å². The van der Waals surface area contributed by atoms with E-state index in [1.54, 1.807) is 14.2 Å². The van der Waals surface area contributed by atoms with Crippen LogP contribution in [0.3, 0.4) is 0 Å². The van der Waals surface area contributed by atoms with Crippen molar-refractivity contribution >= 4 is 5.78 Å². The zero-order chi connectivity index (χ0) is 10.1. The van der Waals surface area contributed by atoms with Crippen molar-refractivity contribution in [3.05, 3.63) is 23.3 Å². The average Bonchev–Trinajstić information content (AvgIpc) is 2.54. The van der Waals surface area contributed by atoms with Crippen LogP contribution in [0.4, 0.5) is 0 Å². The molecule has 0 radical (unpaired) electrons. The molecule has 0 amide bonds. The minimum absolute atomic E-state index is 0.260. The van der Waals surface area contributed by atoms with E-state index in [4.69, 9.17) is 9.47 Å². The van der Waals surface area contributed by atoms with Gasteiger partial charge < -0.3 is 9.47 Å². The lowest BCUT2D eigenvalue weighted by molar-refractivity contribution is -0.117. The van der Waals surface area contributed by atoms with Gasteiger partial charge in [-0.2, -0.15) is 0 Å². The van der Waals surface area contributed by atoms with Gasteiger partial charge in [-0.25, -0.2) is 0 Å². The number of hydrogen-bond acceptors (Lipinski definition) is 3. The van der Waals surface area contributed by atoms with Crippen LogP contribution in [0.15, 0.2) is 12.1 Å². The van der Waals surface area contributed by atoms with Gasteiger partial charge in [0.05, 0.1) is 14.2 Å². The highest BCUT2D eigenvalue weighted by Gasteiger charge is 2.21. The Hall–Kier alpha value is -1.51. The van der Waals surface area contributed by atoms with Crippen molar-refractivity contribution in [3.8, 4) is 11.5 Å². The quantitative estimate of drug-likeness (QED) is 0.710. The van der Waals surface area contributed by atoms with E-state index in [9.17, 15) is 4.79 Å². The molecule has 0 atom stereocenters. The standard InChI is InChI=1S/C11H12O3/c1-13-10-5-7-3-9(12)4-8(7)6-11(10)14-2/h5-6H,3-4H2,1-2H3. The van der Waals surface area contributed by atoms with E-state index in [1.807, 2.05) is 12.1 Å². The van der Waals surface area contributed by atoms with Crippen LogP contribution in [0.2, 0.25) is 0 Å². The first-order chi connectivity index (χ1) is 6.74. The molecule has 1 aromatic carbocycles. The average molecular weight is 192 g/mol. The first-order valence-electron chi connectivity index (χ1n) is 4.50. The fourth-order valence-corrected chi connectivity index (χ4v) is 1.78. The van der Waals surface area contributed by atoms with Gasteiger partial charge in [0.15, 0.2) is 11.5 Å². The Morgan fingerprint density at radius 2 is 1.43 bits per heavy atom. The van der Waals surface area contributed by atoms with E-state index in [2.05, 4.69) is 0 Å². The molecule has 3 heteroatoms. The van der Waals surface area contributed by atoms with Crippen LogP contribution in [0.25, 0.3) is 0 Å². The molecular weight excluding hydrogens is 180 g/mol. The summed E-state index contributed by atoms with van der Waals surface area (Å²) in [7, 11) is 3.20. The Labute approximate surface area is 82.6 Å². The summed E-state index contributed by atoms with van der Waals surface area (Å²) in [6.45, 7) is 0. The van der Waals surface area contributed by atoms with Crippen molar-refractivity contribution in [2.24, 2.45) is 0 Å². The molecule has 0 aromatic heterocycles. The van der Waals surface area contributed by atoms with Gasteiger partial charge in [0.2, 0.25) is 0 Å². The van der Waals surface area contributed by atoms with Gasteiger partial charge in [-0.05, 0) is 23.3 Å². The highest BCUT2D eigenvalue weighted by Crippen LogP contribution is 2.33. The largest absolute Gasteiger partial charge is 0.493 e. The van der Waals surface area contributed by atoms with Crippen molar-refractivity contribution < 1.29 is 14.3 Å². The van der Waals surface area contributed by atoms with Gasteiger partial charge >= 0.3 is 0 Å². The van der Waals surface area contributed by atoms with Crippen LogP contribution in [0, 0.1) is 0 Å². The van der Waals surface area contributed by atoms with Crippen molar-refractivity contribution in [1.82, 2.24) is 0 Å². The molecule has 0 N–H and O–H groups in total. The fraction of sp³-hybridized carbons (Fsp3) is 0.364. The molecule has 1 aliphatic rings. The summed E-state index contributed by atoms with van der Waals surface area (Å²) in [6, 6.07) is 3.78. The van der Waals surface area contributed by atoms with Crippen molar-refractivity contribution in [2.45, 2.75) is 12.8 Å². The zero-order valence-electron chi connectivity index (χ0n) is 8.29. The SMILES string of the molecule is COc1cc2c(cc1OC)CC(=O)C2. The lowest BCUT2D eigenvalue weighted by Crippen LogP contribution is -1.93. The molecule has 0 fully saturated rings. The molecule has 0 heterocycles. The van der Waals surface area contributed by atoms with Crippen LogP contribution in [-0.4, -0.2) is 20.0 Å². The van der Waals surface area contributed by atoms with Gasteiger partial charge in [0.1, 0.15) is 5.78 Å².